The fourth-order valence-corrected chi connectivity index (χ4v) is 2.01. The monoisotopic (exact) mass is 232 g/mol. The second-order valence-electron chi connectivity index (χ2n) is 5.54. The van der Waals surface area contributed by atoms with E-state index >= 15 is 0 Å². The van der Waals surface area contributed by atoms with Gasteiger partial charge in [0, 0.05) is 23.7 Å². The standard InChI is InChI=1S/C13H16N2O2/c1-13(2,3)7-9-8-14-12-6-10(15(16)17)4-5-11(9)12/h4-6,8,14H,7H2,1-3H3. The molecule has 0 saturated carbocycles. The van der Waals surface area contributed by atoms with E-state index in [1.807, 2.05) is 12.3 Å². The van der Waals surface area contributed by atoms with Crippen LogP contribution in [0.3, 0.4) is 0 Å². The summed E-state index contributed by atoms with van der Waals surface area (Å²) >= 11 is 0. The highest BCUT2D eigenvalue weighted by Gasteiger charge is 2.15. The summed E-state index contributed by atoms with van der Waals surface area (Å²) in [6.07, 6.45) is 2.89. The minimum Gasteiger partial charge on any atom is -0.361 e. The molecule has 0 radical (unpaired) electrons. The van der Waals surface area contributed by atoms with Crippen LogP contribution < -0.4 is 0 Å². The molecule has 0 saturated heterocycles. The predicted octanol–water partition coefficient (Wildman–Crippen LogP) is 3.66. The van der Waals surface area contributed by atoms with Gasteiger partial charge in [0.25, 0.3) is 5.69 Å². The summed E-state index contributed by atoms with van der Waals surface area (Å²) in [4.78, 5) is 13.4. The number of nitro groups is 1. The Morgan fingerprint density at radius 2 is 2.06 bits per heavy atom. The average molecular weight is 232 g/mol. The third-order valence-corrected chi connectivity index (χ3v) is 2.68. The number of non-ortho nitro benzene ring substituents is 1. The number of benzene rings is 1. The molecule has 4 nitrogen and oxygen atoms in total. The topological polar surface area (TPSA) is 58.9 Å². The Balaban J connectivity index is 2.45. The Bertz CT molecular complexity index is 564. The van der Waals surface area contributed by atoms with Crippen molar-refractivity contribution in [3.63, 3.8) is 0 Å². The first-order valence-electron chi connectivity index (χ1n) is 5.61. The van der Waals surface area contributed by atoms with Gasteiger partial charge < -0.3 is 4.98 Å². The van der Waals surface area contributed by atoms with Gasteiger partial charge in [-0.1, -0.05) is 20.8 Å². The molecule has 0 fully saturated rings. The molecule has 0 amide bonds. The number of rotatable bonds is 2. The van der Waals surface area contributed by atoms with Crippen LogP contribution in [0.2, 0.25) is 0 Å². The Kier molecular flexibility index (Phi) is 2.65. The highest BCUT2D eigenvalue weighted by atomic mass is 16.6. The number of aromatic amines is 1. The molecule has 1 aromatic carbocycles. The summed E-state index contributed by atoms with van der Waals surface area (Å²) < 4.78 is 0. The van der Waals surface area contributed by atoms with Crippen molar-refractivity contribution in [1.29, 1.82) is 0 Å². The zero-order valence-corrected chi connectivity index (χ0v) is 10.3. The van der Waals surface area contributed by atoms with Crippen LogP contribution in [0.5, 0.6) is 0 Å². The first kappa shape index (κ1) is 11.6. The van der Waals surface area contributed by atoms with E-state index in [4.69, 9.17) is 0 Å². The number of hydrogen-bond donors (Lipinski definition) is 1. The maximum atomic E-state index is 10.7. The predicted molar refractivity (Wildman–Crippen MR) is 68.1 cm³/mol. The highest BCUT2D eigenvalue weighted by Crippen LogP contribution is 2.28. The number of nitrogens with one attached hydrogen (secondary N) is 1. The third-order valence-electron chi connectivity index (χ3n) is 2.68. The van der Waals surface area contributed by atoms with Crippen molar-refractivity contribution in [2.24, 2.45) is 5.41 Å². The number of fused-ring (bicyclic) bond motifs is 1. The minimum atomic E-state index is -0.371. The van der Waals surface area contributed by atoms with Crippen LogP contribution in [0.4, 0.5) is 5.69 Å². The quantitative estimate of drug-likeness (QED) is 0.634. The highest BCUT2D eigenvalue weighted by molar-refractivity contribution is 5.85. The van der Waals surface area contributed by atoms with Crippen molar-refractivity contribution < 1.29 is 4.92 Å². The molecule has 1 heterocycles. The van der Waals surface area contributed by atoms with Crippen molar-refractivity contribution in [1.82, 2.24) is 4.98 Å². The molecular weight excluding hydrogens is 216 g/mol. The van der Waals surface area contributed by atoms with Crippen LogP contribution in [-0.4, -0.2) is 9.91 Å². The molecule has 1 aromatic heterocycles. The molecule has 17 heavy (non-hydrogen) atoms. The van der Waals surface area contributed by atoms with E-state index in [9.17, 15) is 10.1 Å². The van der Waals surface area contributed by atoms with Crippen molar-refractivity contribution in [3.8, 4) is 0 Å². The zero-order valence-electron chi connectivity index (χ0n) is 10.3. The van der Waals surface area contributed by atoms with Gasteiger partial charge in [0.15, 0.2) is 0 Å². The van der Waals surface area contributed by atoms with E-state index in [1.165, 1.54) is 5.56 Å². The van der Waals surface area contributed by atoms with Crippen molar-refractivity contribution >= 4 is 16.6 Å². The maximum absolute atomic E-state index is 10.7. The van der Waals surface area contributed by atoms with Crippen LogP contribution in [-0.2, 0) is 6.42 Å². The van der Waals surface area contributed by atoms with Gasteiger partial charge in [0.05, 0.1) is 10.4 Å². The fraction of sp³-hybridized carbons (Fsp3) is 0.385. The number of nitro benzene ring substituents is 1. The summed E-state index contributed by atoms with van der Waals surface area (Å²) in [6.45, 7) is 6.53. The molecule has 0 aliphatic heterocycles. The van der Waals surface area contributed by atoms with Gasteiger partial charge in [-0.25, -0.2) is 0 Å². The Hall–Kier alpha value is -1.84. The zero-order chi connectivity index (χ0) is 12.6. The van der Waals surface area contributed by atoms with Gasteiger partial charge in [0.2, 0.25) is 0 Å². The molecule has 0 atom stereocenters. The van der Waals surface area contributed by atoms with Crippen LogP contribution >= 0.6 is 0 Å². The van der Waals surface area contributed by atoms with Crippen LogP contribution in [0.25, 0.3) is 10.9 Å². The summed E-state index contributed by atoms with van der Waals surface area (Å²) in [5.41, 5.74) is 2.37. The van der Waals surface area contributed by atoms with E-state index in [0.29, 0.717) is 0 Å². The summed E-state index contributed by atoms with van der Waals surface area (Å²) in [7, 11) is 0. The second kappa shape index (κ2) is 3.87. The number of nitrogens with zero attached hydrogens (tertiary/aromatic N) is 1. The molecule has 1 N–H and O–H groups in total. The molecule has 90 valence electrons. The lowest BCUT2D eigenvalue weighted by Crippen LogP contribution is -2.08. The minimum absolute atomic E-state index is 0.127. The first-order chi connectivity index (χ1) is 7.87. The van der Waals surface area contributed by atoms with Crippen molar-refractivity contribution in [2.45, 2.75) is 27.2 Å². The third kappa shape index (κ3) is 2.46. The number of aromatic nitrogens is 1. The van der Waals surface area contributed by atoms with Crippen LogP contribution in [0.15, 0.2) is 24.4 Å². The summed E-state index contributed by atoms with van der Waals surface area (Å²) in [6, 6.07) is 4.97. The lowest BCUT2D eigenvalue weighted by atomic mass is 9.88. The van der Waals surface area contributed by atoms with E-state index in [0.717, 1.165) is 17.3 Å². The smallest absolute Gasteiger partial charge is 0.271 e. The first-order valence-corrected chi connectivity index (χ1v) is 5.61. The largest absolute Gasteiger partial charge is 0.361 e. The van der Waals surface area contributed by atoms with Crippen LogP contribution in [0, 0.1) is 15.5 Å². The van der Waals surface area contributed by atoms with E-state index in [-0.39, 0.29) is 16.0 Å². The Labute approximate surface area is 99.8 Å². The molecule has 0 spiro atoms. The summed E-state index contributed by atoms with van der Waals surface area (Å²) in [5.74, 6) is 0. The van der Waals surface area contributed by atoms with Gasteiger partial charge in [-0.2, -0.15) is 0 Å². The van der Waals surface area contributed by atoms with Gasteiger partial charge >= 0.3 is 0 Å². The molecule has 2 aromatic rings. The van der Waals surface area contributed by atoms with E-state index < -0.39 is 0 Å². The number of H-pyrrole nitrogens is 1. The molecule has 0 aliphatic carbocycles. The molecule has 4 heteroatoms. The van der Waals surface area contributed by atoms with E-state index in [2.05, 4.69) is 25.8 Å². The van der Waals surface area contributed by atoms with Gasteiger partial charge in [0.1, 0.15) is 0 Å². The van der Waals surface area contributed by atoms with Crippen molar-refractivity contribution in [2.75, 3.05) is 0 Å². The van der Waals surface area contributed by atoms with Gasteiger partial charge in [-0.3, -0.25) is 10.1 Å². The SMILES string of the molecule is CC(C)(C)Cc1c[nH]c2cc([N+](=O)[O-])ccc12. The van der Waals surface area contributed by atoms with Gasteiger partial charge in [-0.05, 0) is 23.5 Å². The maximum Gasteiger partial charge on any atom is 0.271 e. The molecule has 0 unspecified atom stereocenters. The van der Waals surface area contributed by atoms with E-state index in [1.54, 1.807) is 12.1 Å². The van der Waals surface area contributed by atoms with Crippen molar-refractivity contribution in [3.05, 3.63) is 40.1 Å². The number of hydrogen-bond acceptors (Lipinski definition) is 2. The fourth-order valence-electron chi connectivity index (χ4n) is 2.01. The molecule has 2 rings (SSSR count). The van der Waals surface area contributed by atoms with Crippen LogP contribution in [0.1, 0.15) is 26.3 Å². The summed E-state index contributed by atoms with van der Waals surface area (Å²) in [5, 5.41) is 11.7. The molecular formula is C13H16N2O2. The normalized spacial score (nSPS) is 11.9. The Morgan fingerprint density at radius 3 is 2.65 bits per heavy atom. The lowest BCUT2D eigenvalue weighted by Gasteiger charge is -2.17. The Morgan fingerprint density at radius 1 is 1.35 bits per heavy atom. The van der Waals surface area contributed by atoms with Gasteiger partial charge in [-0.15, -0.1) is 0 Å². The lowest BCUT2D eigenvalue weighted by molar-refractivity contribution is -0.384. The molecule has 0 aliphatic rings. The molecule has 0 bridgehead atoms. The average Bonchev–Trinajstić information content (AvgIpc) is 2.58. The second-order valence-corrected chi connectivity index (χ2v) is 5.54.